The molecule has 0 aliphatic carbocycles. The smallest absolute Gasteiger partial charge is 0.328 e. The second-order valence-corrected chi connectivity index (χ2v) is 4.64. The van der Waals surface area contributed by atoms with Crippen molar-refractivity contribution in [2.45, 2.75) is 6.54 Å². The van der Waals surface area contributed by atoms with Crippen LogP contribution in [0.15, 0.2) is 34.0 Å². The summed E-state index contributed by atoms with van der Waals surface area (Å²) >= 11 is 11.7. The van der Waals surface area contributed by atoms with Gasteiger partial charge in [0.2, 0.25) is 0 Å². The van der Waals surface area contributed by atoms with E-state index in [4.69, 9.17) is 27.9 Å². The first-order chi connectivity index (χ1) is 9.01. The molecule has 0 atom stereocenters. The van der Waals surface area contributed by atoms with Crippen LogP contribution in [-0.2, 0) is 6.54 Å². The summed E-state index contributed by atoms with van der Waals surface area (Å²) in [4.78, 5) is 24.9. The number of H-pyrrole nitrogens is 1. The Kier molecular flexibility index (Phi) is 3.97. The molecule has 0 aliphatic rings. The number of hydrogen-bond donors (Lipinski definition) is 1. The van der Waals surface area contributed by atoms with E-state index >= 15 is 0 Å². The summed E-state index contributed by atoms with van der Waals surface area (Å²) in [6.45, 7) is 0.186. The van der Waals surface area contributed by atoms with Gasteiger partial charge >= 0.3 is 5.69 Å². The van der Waals surface area contributed by atoms with Crippen molar-refractivity contribution in [3.63, 3.8) is 0 Å². The first-order valence-corrected chi connectivity index (χ1v) is 6.08. The zero-order valence-electron chi connectivity index (χ0n) is 9.94. The van der Waals surface area contributed by atoms with Crippen LogP contribution in [0.1, 0.15) is 5.56 Å². The van der Waals surface area contributed by atoms with Crippen molar-refractivity contribution in [3.8, 4) is 5.75 Å². The maximum absolute atomic E-state index is 11.6. The summed E-state index contributed by atoms with van der Waals surface area (Å²) in [6.07, 6.45) is 1.28. The van der Waals surface area contributed by atoms with Gasteiger partial charge in [0.25, 0.3) is 5.56 Å². The summed E-state index contributed by atoms with van der Waals surface area (Å²) in [5.41, 5.74) is -0.473. The van der Waals surface area contributed by atoms with E-state index in [0.29, 0.717) is 16.3 Å². The normalized spacial score (nSPS) is 10.5. The molecular formula is C12H10Cl2N2O3. The SMILES string of the molecule is COc1ccc(Cl)c(Cn2cc(Cl)c(=O)[nH]c2=O)c1. The Balaban J connectivity index is 2.44. The zero-order chi connectivity index (χ0) is 14.0. The standard InChI is InChI=1S/C12H10Cl2N2O3/c1-19-8-2-3-9(13)7(4-8)5-16-6-10(14)11(17)15-12(16)18/h2-4,6H,5H2,1H3,(H,15,17,18). The average Bonchev–Trinajstić information content (AvgIpc) is 2.38. The van der Waals surface area contributed by atoms with Gasteiger partial charge in [-0.2, -0.15) is 0 Å². The second-order valence-electron chi connectivity index (χ2n) is 3.82. The molecule has 0 saturated carbocycles. The molecular weight excluding hydrogens is 291 g/mol. The first kappa shape index (κ1) is 13.7. The molecule has 19 heavy (non-hydrogen) atoms. The molecule has 0 bridgehead atoms. The molecule has 0 saturated heterocycles. The van der Waals surface area contributed by atoms with E-state index < -0.39 is 11.2 Å². The van der Waals surface area contributed by atoms with Crippen molar-refractivity contribution in [1.29, 1.82) is 0 Å². The van der Waals surface area contributed by atoms with Crippen LogP contribution in [0, 0.1) is 0 Å². The Hall–Kier alpha value is -1.72. The van der Waals surface area contributed by atoms with Gasteiger partial charge in [0.05, 0.1) is 13.7 Å². The minimum Gasteiger partial charge on any atom is -0.497 e. The summed E-state index contributed by atoms with van der Waals surface area (Å²) in [5, 5.41) is 0.439. The minimum absolute atomic E-state index is 0.0568. The maximum Gasteiger partial charge on any atom is 0.328 e. The average molecular weight is 301 g/mol. The Morgan fingerprint density at radius 1 is 1.26 bits per heavy atom. The van der Waals surface area contributed by atoms with E-state index in [1.165, 1.54) is 17.9 Å². The molecule has 100 valence electrons. The maximum atomic E-state index is 11.6. The van der Waals surface area contributed by atoms with Crippen molar-refractivity contribution in [1.82, 2.24) is 9.55 Å². The van der Waals surface area contributed by atoms with E-state index in [2.05, 4.69) is 4.98 Å². The molecule has 2 aromatic rings. The van der Waals surface area contributed by atoms with Crippen LogP contribution in [0.25, 0.3) is 0 Å². The van der Waals surface area contributed by atoms with Gasteiger partial charge in [0.1, 0.15) is 10.8 Å². The van der Waals surface area contributed by atoms with Crippen molar-refractivity contribution in [2.24, 2.45) is 0 Å². The van der Waals surface area contributed by atoms with Crippen molar-refractivity contribution >= 4 is 23.2 Å². The van der Waals surface area contributed by atoms with E-state index in [-0.39, 0.29) is 11.6 Å². The van der Waals surface area contributed by atoms with Crippen LogP contribution in [0.4, 0.5) is 0 Å². The molecule has 0 amide bonds. The highest BCUT2D eigenvalue weighted by Crippen LogP contribution is 2.22. The Labute approximate surface area is 118 Å². The fourth-order valence-corrected chi connectivity index (χ4v) is 1.93. The number of hydrogen-bond acceptors (Lipinski definition) is 3. The number of ether oxygens (including phenoxy) is 1. The Morgan fingerprint density at radius 2 is 2.00 bits per heavy atom. The predicted molar refractivity (Wildman–Crippen MR) is 73.4 cm³/mol. The topological polar surface area (TPSA) is 64.1 Å². The lowest BCUT2D eigenvalue weighted by Crippen LogP contribution is -2.30. The summed E-state index contributed by atoms with van der Waals surface area (Å²) in [5.74, 6) is 0.628. The summed E-state index contributed by atoms with van der Waals surface area (Å²) in [7, 11) is 1.54. The third kappa shape index (κ3) is 3.00. The lowest BCUT2D eigenvalue weighted by Gasteiger charge is -2.09. The highest BCUT2D eigenvalue weighted by atomic mass is 35.5. The number of aromatic nitrogens is 2. The Bertz CT molecular complexity index is 722. The molecule has 0 unspecified atom stereocenters. The van der Waals surface area contributed by atoms with Crippen molar-refractivity contribution in [2.75, 3.05) is 7.11 Å². The molecule has 0 aliphatic heterocycles. The van der Waals surface area contributed by atoms with Gasteiger partial charge < -0.3 is 4.74 Å². The summed E-state index contributed by atoms with van der Waals surface area (Å²) in [6, 6.07) is 5.11. The first-order valence-electron chi connectivity index (χ1n) is 5.33. The quantitative estimate of drug-likeness (QED) is 0.941. The molecule has 5 nitrogen and oxygen atoms in total. The molecule has 0 fully saturated rings. The lowest BCUT2D eigenvalue weighted by molar-refractivity contribution is 0.414. The van der Waals surface area contributed by atoms with Gasteiger partial charge in [-0.3, -0.25) is 14.3 Å². The zero-order valence-corrected chi connectivity index (χ0v) is 11.5. The molecule has 1 aromatic carbocycles. The number of nitrogens with zero attached hydrogens (tertiary/aromatic N) is 1. The second kappa shape index (κ2) is 5.50. The van der Waals surface area contributed by atoms with Crippen LogP contribution in [-0.4, -0.2) is 16.7 Å². The van der Waals surface area contributed by atoms with Crippen LogP contribution in [0.5, 0.6) is 5.75 Å². The fraction of sp³-hybridized carbons (Fsp3) is 0.167. The van der Waals surface area contributed by atoms with E-state index in [9.17, 15) is 9.59 Å². The van der Waals surface area contributed by atoms with Gasteiger partial charge in [-0.1, -0.05) is 23.2 Å². The molecule has 0 radical (unpaired) electrons. The van der Waals surface area contributed by atoms with Crippen LogP contribution in [0.3, 0.4) is 0 Å². The summed E-state index contributed by atoms with van der Waals surface area (Å²) < 4.78 is 6.36. The molecule has 2 rings (SSSR count). The van der Waals surface area contributed by atoms with Crippen LogP contribution in [0.2, 0.25) is 10.0 Å². The highest BCUT2D eigenvalue weighted by molar-refractivity contribution is 6.31. The number of halogens is 2. The Morgan fingerprint density at radius 3 is 2.68 bits per heavy atom. The fourth-order valence-electron chi connectivity index (χ4n) is 1.58. The minimum atomic E-state index is -0.611. The van der Waals surface area contributed by atoms with E-state index in [1.807, 2.05) is 0 Å². The van der Waals surface area contributed by atoms with Crippen molar-refractivity contribution in [3.05, 3.63) is 60.8 Å². The van der Waals surface area contributed by atoms with Gasteiger partial charge in [0, 0.05) is 11.2 Å². The van der Waals surface area contributed by atoms with Crippen molar-refractivity contribution < 1.29 is 4.74 Å². The molecule has 1 heterocycles. The van der Waals surface area contributed by atoms with Crippen LogP contribution < -0.4 is 16.0 Å². The lowest BCUT2D eigenvalue weighted by atomic mass is 10.2. The number of benzene rings is 1. The number of rotatable bonds is 3. The number of methoxy groups -OCH3 is 1. The van der Waals surface area contributed by atoms with E-state index in [1.54, 1.807) is 18.2 Å². The van der Waals surface area contributed by atoms with Gasteiger partial charge in [-0.25, -0.2) is 4.79 Å². The monoisotopic (exact) mass is 300 g/mol. The third-order valence-electron chi connectivity index (χ3n) is 2.56. The largest absolute Gasteiger partial charge is 0.497 e. The van der Waals surface area contributed by atoms with Crippen LogP contribution >= 0.6 is 23.2 Å². The van der Waals surface area contributed by atoms with Gasteiger partial charge in [-0.15, -0.1) is 0 Å². The number of aromatic amines is 1. The van der Waals surface area contributed by atoms with E-state index in [0.717, 1.165) is 0 Å². The third-order valence-corrected chi connectivity index (χ3v) is 3.20. The number of nitrogens with one attached hydrogen (secondary N) is 1. The molecule has 1 aromatic heterocycles. The molecule has 7 heteroatoms. The highest BCUT2D eigenvalue weighted by Gasteiger charge is 2.07. The predicted octanol–water partition coefficient (Wildman–Crippen LogP) is 1.90. The molecule has 1 N–H and O–H groups in total. The van der Waals surface area contributed by atoms with Gasteiger partial charge in [-0.05, 0) is 23.8 Å². The van der Waals surface area contributed by atoms with Gasteiger partial charge in [0.15, 0.2) is 0 Å². The molecule has 0 spiro atoms.